The predicted octanol–water partition coefficient (Wildman–Crippen LogP) is 3.79. The van der Waals surface area contributed by atoms with Crippen molar-refractivity contribution in [2.24, 2.45) is 0 Å². The maximum atomic E-state index is 6.27. The second-order valence-electron chi connectivity index (χ2n) is 4.49. The molecular weight excluding hydrogens is 220 g/mol. The molecule has 0 spiro atoms. The van der Waals surface area contributed by atoms with Crippen molar-refractivity contribution in [1.82, 2.24) is 4.98 Å². The first-order valence-corrected chi connectivity index (χ1v) is 5.95. The first-order chi connectivity index (χ1) is 8.75. The van der Waals surface area contributed by atoms with Crippen molar-refractivity contribution in [2.45, 2.75) is 6.92 Å². The quantitative estimate of drug-likeness (QED) is 0.650. The number of pyridine rings is 1. The average Bonchev–Trinajstić information content (AvgIpc) is 2.39. The van der Waals surface area contributed by atoms with Crippen LogP contribution in [0.3, 0.4) is 0 Å². The summed E-state index contributed by atoms with van der Waals surface area (Å²) in [5.74, 6) is 0. The monoisotopic (exact) mass is 234 g/mol. The third-order valence-electron chi connectivity index (χ3n) is 3.19. The molecule has 0 saturated heterocycles. The minimum Gasteiger partial charge on any atom is -0.398 e. The van der Waals surface area contributed by atoms with Crippen LogP contribution in [0.5, 0.6) is 0 Å². The van der Waals surface area contributed by atoms with Crippen LogP contribution >= 0.6 is 0 Å². The Morgan fingerprint density at radius 3 is 2.78 bits per heavy atom. The molecule has 0 saturated carbocycles. The highest BCUT2D eigenvalue weighted by atomic mass is 14.6. The summed E-state index contributed by atoms with van der Waals surface area (Å²) in [6.45, 7) is 2.09. The molecule has 2 nitrogen and oxygen atoms in total. The van der Waals surface area contributed by atoms with Crippen molar-refractivity contribution in [3.63, 3.8) is 0 Å². The molecule has 18 heavy (non-hydrogen) atoms. The normalized spacial score (nSPS) is 10.7. The summed E-state index contributed by atoms with van der Waals surface area (Å²) in [6, 6.07) is 14.5. The summed E-state index contributed by atoms with van der Waals surface area (Å²) in [5, 5.41) is 2.13. The van der Waals surface area contributed by atoms with Gasteiger partial charge in [-0.3, -0.25) is 4.98 Å². The second-order valence-corrected chi connectivity index (χ2v) is 4.49. The highest BCUT2D eigenvalue weighted by Crippen LogP contribution is 2.32. The topological polar surface area (TPSA) is 38.9 Å². The zero-order chi connectivity index (χ0) is 12.5. The molecule has 2 heteroatoms. The van der Waals surface area contributed by atoms with Crippen LogP contribution < -0.4 is 5.73 Å². The third-order valence-corrected chi connectivity index (χ3v) is 3.19. The molecule has 0 unspecified atom stereocenters. The van der Waals surface area contributed by atoms with E-state index in [-0.39, 0.29) is 0 Å². The van der Waals surface area contributed by atoms with Gasteiger partial charge in [-0.15, -0.1) is 0 Å². The van der Waals surface area contributed by atoms with Crippen molar-refractivity contribution >= 4 is 16.5 Å². The fraction of sp³-hybridized carbons (Fsp3) is 0.0625. The molecule has 0 aliphatic carbocycles. The molecular formula is C16H14N2. The van der Waals surface area contributed by atoms with Gasteiger partial charge in [-0.25, -0.2) is 0 Å². The molecule has 0 bridgehead atoms. The minimum absolute atomic E-state index is 0.820. The van der Waals surface area contributed by atoms with E-state index in [0.717, 1.165) is 27.6 Å². The SMILES string of the molecule is Cc1cccc(-c2ccc3cnccc3c2N)c1. The van der Waals surface area contributed by atoms with Gasteiger partial charge in [0.15, 0.2) is 0 Å². The molecule has 0 amide bonds. The Kier molecular flexibility index (Phi) is 2.49. The second kappa shape index (κ2) is 4.15. The van der Waals surface area contributed by atoms with Gasteiger partial charge < -0.3 is 5.73 Å². The van der Waals surface area contributed by atoms with E-state index in [0.29, 0.717) is 0 Å². The lowest BCUT2D eigenvalue weighted by Gasteiger charge is -2.09. The van der Waals surface area contributed by atoms with Crippen LogP contribution in [-0.4, -0.2) is 4.98 Å². The largest absolute Gasteiger partial charge is 0.398 e. The van der Waals surface area contributed by atoms with Gasteiger partial charge in [0.05, 0.1) is 0 Å². The first-order valence-electron chi connectivity index (χ1n) is 5.95. The highest BCUT2D eigenvalue weighted by Gasteiger charge is 2.06. The molecule has 2 N–H and O–H groups in total. The standard InChI is InChI=1S/C16H14N2/c1-11-3-2-4-12(9-11)14-6-5-13-10-18-8-7-15(13)16(14)17/h2-10H,17H2,1H3. The number of aromatic nitrogens is 1. The predicted molar refractivity (Wildman–Crippen MR) is 76.3 cm³/mol. The number of hydrogen-bond donors (Lipinski definition) is 1. The molecule has 3 rings (SSSR count). The molecule has 0 aliphatic heterocycles. The number of anilines is 1. The molecule has 1 aromatic heterocycles. The number of benzene rings is 2. The third kappa shape index (κ3) is 1.72. The van der Waals surface area contributed by atoms with Gasteiger partial charge in [-0.2, -0.15) is 0 Å². The van der Waals surface area contributed by atoms with E-state index < -0.39 is 0 Å². The number of hydrogen-bond acceptors (Lipinski definition) is 2. The van der Waals surface area contributed by atoms with Crippen molar-refractivity contribution in [1.29, 1.82) is 0 Å². The van der Waals surface area contributed by atoms with Gasteiger partial charge in [0.25, 0.3) is 0 Å². The fourth-order valence-corrected chi connectivity index (χ4v) is 2.26. The average molecular weight is 234 g/mol. The van der Waals surface area contributed by atoms with Gasteiger partial charge in [-0.05, 0) is 18.6 Å². The van der Waals surface area contributed by atoms with Crippen LogP contribution in [0, 0.1) is 6.92 Å². The van der Waals surface area contributed by atoms with E-state index in [2.05, 4.69) is 48.3 Å². The summed E-state index contributed by atoms with van der Waals surface area (Å²) in [4.78, 5) is 4.11. The zero-order valence-electron chi connectivity index (χ0n) is 10.2. The summed E-state index contributed by atoms with van der Waals surface area (Å²) in [7, 11) is 0. The van der Waals surface area contributed by atoms with Gasteiger partial charge in [0.1, 0.15) is 0 Å². The Bertz CT molecular complexity index is 717. The van der Waals surface area contributed by atoms with Crippen molar-refractivity contribution < 1.29 is 0 Å². The van der Waals surface area contributed by atoms with E-state index >= 15 is 0 Å². The Labute approximate surface area is 106 Å². The zero-order valence-corrected chi connectivity index (χ0v) is 10.2. The summed E-state index contributed by atoms with van der Waals surface area (Å²) < 4.78 is 0. The van der Waals surface area contributed by atoms with Crippen molar-refractivity contribution in [2.75, 3.05) is 5.73 Å². The van der Waals surface area contributed by atoms with Crippen LogP contribution in [0.1, 0.15) is 5.56 Å². The van der Waals surface area contributed by atoms with E-state index in [9.17, 15) is 0 Å². The van der Waals surface area contributed by atoms with E-state index in [4.69, 9.17) is 5.73 Å². The van der Waals surface area contributed by atoms with E-state index in [1.54, 1.807) is 6.20 Å². The lowest BCUT2D eigenvalue weighted by Crippen LogP contribution is -1.92. The smallest absolute Gasteiger partial charge is 0.0474 e. The molecule has 0 atom stereocenters. The Balaban J connectivity index is 2.27. The van der Waals surface area contributed by atoms with E-state index in [1.165, 1.54) is 5.56 Å². The maximum absolute atomic E-state index is 6.27. The van der Waals surface area contributed by atoms with Crippen molar-refractivity contribution in [3.05, 3.63) is 60.4 Å². The number of nitrogens with two attached hydrogens (primary N) is 1. The number of nitrogens with zero attached hydrogens (tertiary/aromatic N) is 1. The molecule has 0 fully saturated rings. The van der Waals surface area contributed by atoms with Gasteiger partial charge in [0, 0.05) is 34.4 Å². The molecule has 0 radical (unpaired) electrons. The Morgan fingerprint density at radius 1 is 1.06 bits per heavy atom. The number of fused-ring (bicyclic) bond motifs is 1. The van der Waals surface area contributed by atoms with Crippen LogP contribution in [0.15, 0.2) is 54.9 Å². The maximum Gasteiger partial charge on any atom is 0.0474 e. The number of nitrogen functional groups attached to an aromatic ring is 1. The van der Waals surface area contributed by atoms with E-state index in [1.807, 2.05) is 12.3 Å². The summed E-state index contributed by atoms with van der Waals surface area (Å²) in [5.41, 5.74) is 10.6. The number of aryl methyl sites for hydroxylation is 1. The molecule has 88 valence electrons. The van der Waals surface area contributed by atoms with Crippen molar-refractivity contribution in [3.8, 4) is 11.1 Å². The summed E-state index contributed by atoms with van der Waals surface area (Å²) in [6.07, 6.45) is 3.62. The Hall–Kier alpha value is -2.35. The lowest BCUT2D eigenvalue weighted by atomic mass is 9.98. The van der Waals surface area contributed by atoms with Crippen LogP contribution in [0.2, 0.25) is 0 Å². The first kappa shape index (κ1) is 10.8. The van der Waals surface area contributed by atoms with Gasteiger partial charge >= 0.3 is 0 Å². The molecule has 3 aromatic rings. The number of rotatable bonds is 1. The Morgan fingerprint density at radius 2 is 1.94 bits per heavy atom. The molecule has 1 heterocycles. The minimum atomic E-state index is 0.820. The van der Waals surface area contributed by atoms with Crippen LogP contribution in [0.25, 0.3) is 21.9 Å². The van der Waals surface area contributed by atoms with Gasteiger partial charge in [0.2, 0.25) is 0 Å². The summed E-state index contributed by atoms with van der Waals surface area (Å²) >= 11 is 0. The van der Waals surface area contributed by atoms with Gasteiger partial charge in [-0.1, -0.05) is 42.0 Å². The van der Waals surface area contributed by atoms with Crippen LogP contribution in [-0.2, 0) is 0 Å². The fourth-order valence-electron chi connectivity index (χ4n) is 2.26. The molecule has 2 aromatic carbocycles. The lowest BCUT2D eigenvalue weighted by molar-refractivity contribution is 1.36. The highest BCUT2D eigenvalue weighted by molar-refractivity contribution is 5.99. The van der Waals surface area contributed by atoms with Crippen LogP contribution in [0.4, 0.5) is 5.69 Å². The molecule has 0 aliphatic rings.